The second kappa shape index (κ2) is 8.59. The van der Waals surface area contributed by atoms with Gasteiger partial charge in [0.2, 0.25) is 11.9 Å². The van der Waals surface area contributed by atoms with Gasteiger partial charge in [-0.1, -0.05) is 17.7 Å². The Morgan fingerprint density at radius 2 is 1.97 bits per heavy atom. The van der Waals surface area contributed by atoms with E-state index in [9.17, 15) is 4.79 Å². The molecule has 1 aromatic heterocycles. The van der Waals surface area contributed by atoms with Crippen molar-refractivity contribution >= 4 is 29.1 Å². The third-order valence-corrected chi connectivity index (χ3v) is 5.11. The number of benzene rings is 2. The fraction of sp³-hybridized carbons (Fsp3) is 0.227. The van der Waals surface area contributed by atoms with Gasteiger partial charge in [-0.15, -0.1) is 0 Å². The predicted octanol–water partition coefficient (Wildman–Crippen LogP) is 3.96. The van der Waals surface area contributed by atoms with E-state index in [1.807, 2.05) is 24.3 Å². The fourth-order valence-corrected chi connectivity index (χ4v) is 3.58. The van der Waals surface area contributed by atoms with Crippen molar-refractivity contribution in [2.75, 3.05) is 31.4 Å². The molecule has 2 heterocycles. The van der Waals surface area contributed by atoms with Crippen molar-refractivity contribution in [2.24, 2.45) is 0 Å². The molecule has 4 rings (SSSR count). The molecular weight excluding hydrogens is 404 g/mol. The molecule has 7 nitrogen and oxygen atoms in total. The molecule has 0 saturated heterocycles. The van der Waals surface area contributed by atoms with E-state index in [1.54, 1.807) is 32.5 Å². The van der Waals surface area contributed by atoms with Crippen LogP contribution >= 0.6 is 11.6 Å². The van der Waals surface area contributed by atoms with Crippen LogP contribution in [-0.2, 0) is 17.6 Å². The summed E-state index contributed by atoms with van der Waals surface area (Å²) in [6.07, 6.45) is 2.67. The first-order valence-corrected chi connectivity index (χ1v) is 9.85. The SMILES string of the molecule is COc1ccc(CCNc2ncc3c(n2)-c2ccc(Cl)cc2NC(=O)C3)cc1OC. The summed E-state index contributed by atoms with van der Waals surface area (Å²) in [5, 5.41) is 6.69. The van der Waals surface area contributed by atoms with Crippen molar-refractivity contribution in [3.05, 3.63) is 58.7 Å². The average molecular weight is 425 g/mol. The summed E-state index contributed by atoms with van der Waals surface area (Å²) in [6, 6.07) is 11.2. The molecule has 0 bridgehead atoms. The zero-order valence-electron chi connectivity index (χ0n) is 16.7. The summed E-state index contributed by atoms with van der Waals surface area (Å²) >= 11 is 6.09. The molecule has 2 N–H and O–H groups in total. The van der Waals surface area contributed by atoms with E-state index in [4.69, 9.17) is 21.1 Å². The number of nitrogens with one attached hydrogen (secondary N) is 2. The van der Waals surface area contributed by atoms with Crippen molar-refractivity contribution in [1.29, 1.82) is 0 Å². The standard InChI is InChI=1S/C22H21ClN4O3/c1-29-18-6-3-13(9-19(18)30-2)7-8-24-22-25-12-14-10-20(28)26-17-11-15(23)4-5-16(17)21(14)27-22/h3-6,9,11-12H,7-8,10H2,1-2H3,(H,26,28)(H,24,25,27). The Labute approximate surface area is 179 Å². The molecule has 8 heteroatoms. The van der Waals surface area contributed by atoms with Gasteiger partial charge in [-0.05, 0) is 42.3 Å². The van der Waals surface area contributed by atoms with Gasteiger partial charge in [-0.2, -0.15) is 0 Å². The van der Waals surface area contributed by atoms with E-state index < -0.39 is 0 Å². The summed E-state index contributed by atoms with van der Waals surface area (Å²) < 4.78 is 10.6. The van der Waals surface area contributed by atoms with Crippen LogP contribution in [0.25, 0.3) is 11.3 Å². The summed E-state index contributed by atoms with van der Waals surface area (Å²) in [6.45, 7) is 0.638. The first-order valence-electron chi connectivity index (χ1n) is 9.48. The molecule has 1 aliphatic heterocycles. The number of aromatic nitrogens is 2. The van der Waals surface area contributed by atoms with Gasteiger partial charge in [0.05, 0.1) is 32.0 Å². The molecule has 154 valence electrons. The smallest absolute Gasteiger partial charge is 0.228 e. The third kappa shape index (κ3) is 4.16. The first kappa shape index (κ1) is 20.0. The van der Waals surface area contributed by atoms with Crippen LogP contribution in [-0.4, -0.2) is 36.6 Å². The lowest BCUT2D eigenvalue weighted by atomic mass is 10.1. The highest BCUT2D eigenvalue weighted by atomic mass is 35.5. The molecular formula is C22H21ClN4O3. The number of ether oxygens (including phenoxy) is 2. The van der Waals surface area contributed by atoms with Gasteiger partial charge in [-0.3, -0.25) is 4.79 Å². The van der Waals surface area contributed by atoms with Gasteiger partial charge in [0.25, 0.3) is 0 Å². The highest BCUT2D eigenvalue weighted by molar-refractivity contribution is 6.31. The van der Waals surface area contributed by atoms with Crippen LogP contribution in [0.2, 0.25) is 5.02 Å². The Morgan fingerprint density at radius 3 is 2.77 bits per heavy atom. The van der Waals surface area contributed by atoms with Gasteiger partial charge in [0.15, 0.2) is 11.5 Å². The molecule has 0 radical (unpaired) electrons. The minimum Gasteiger partial charge on any atom is -0.493 e. The maximum Gasteiger partial charge on any atom is 0.228 e. The number of anilines is 2. The second-order valence-corrected chi connectivity index (χ2v) is 7.28. The lowest BCUT2D eigenvalue weighted by Crippen LogP contribution is -2.13. The number of methoxy groups -OCH3 is 2. The van der Waals surface area contributed by atoms with Crippen LogP contribution in [0.15, 0.2) is 42.6 Å². The topological polar surface area (TPSA) is 85.4 Å². The molecule has 0 atom stereocenters. The van der Waals surface area contributed by atoms with Crippen molar-refractivity contribution in [3.8, 4) is 22.8 Å². The quantitative estimate of drug-likeness (QED) is 0.623. The predicted molar refractivity (Wildman–Crippen MR) is 117 cm³/mol. The molecule has 0 aliphatic carbocycles. The maximum atomic E-state index is 12.2. The summed E-state index contributed by atoms with van der Waals surface area (Å²) in [5.74, 6) is 1.79. The van der Waals surface area contributed by atoms with Crippen molar-refractivity contribution in [3.63, 3.8) is 0 Å². The van der Waals surface area contributed by atoms with Gasteiger partial charge in [-0.25, -0.2) is 9.97 Å². The van der Waals surface area contributed by atoms with E-state index in [1.165, 1.54) is 0 Å². The van der Waals surface area contributed by atoms with Crippen LogP contribution in [0.4, 0.5) is 11.6 Å². The van der Waals surface area contributed by atoms with Crippen molar-refractivity contribution in [1.82, 2.24) is 9.97 Å². The normalized spacial score (nSPS) is 12.3. The Bertz CT molecular complexity index is 1100. The van der Waals surface area contributed by atoms with Crippen LogP contribution < -0.4 is 20.1 Å². The van der Waals surface area contributed by atoms with E-state index in [0.29, 0.717) is 34.7 Å². The van der Waals surface area contributed by atoms with E-state index in [2.05, 4.69) is 20.6 Å². The third-order valence-electron chi connectivity index (χ3n) is 4.87. The number of hydrogen-bond donors (Lipinski definition) is 2. The lowest BCUT2D eigenvalue weighted by molar-refractivity contribution is -0.115. The highest BCUT2D eigenvalue weighted by Gasteiger charge is 2.21. The van der Waals surface area contributed by atoms with Gasteiger partial charge < -0.3 is 20.1 Å². The fourth-order valence-electron chi connectivity index (χ4n) is 3.40. The number of rotatable bonds is 6. The lowest BCUT2D eigenvalue weighted by Gasteiger charge is -2.12. The number of fused-ring (bicyclic) bond motifs is 3. The molecule has 0 fully saturated rings. The highest BCUT2D eigenvalue weighted by Crippen LogP contribution is 2.34. The average Bonchev–Trinajstić information content (AvgIpc) is 2.88. The number of nitrogens with zero attached hydrogens (tertiary/aromatic N) is 2. The number of carbonyl (C=O) groups is 1. The van der Waals surface area contributed by atoms with Gasteiger partial charge in [0, 0.05) is 28.9 Å². The monoisotopic (exact) mass is 424 g/mol. The first-order chi connectivity index (χ1) is 14.6. The second-order valence-electron chi connectivity index (χ2n) is 6.85. The maximum absolute atomic E-state index is 12.2. The van der Waals surface area contributed by atoms with Crippen molar-refractivity contribution < 1.29 is 14.3 Å². The Morgan fingerprint density at radius 1 is 1.13 bits per heavy atom. The van der Waals surface area contributed by atoms with Crippen LogP contribution in [0, 0.1) is 0 Å². The number of carbonyl (C=O) groups excluding carboxylic acids is 1. The minimum absolute atomic E-state index is 0.116. The summed E-state index contributed by atoms with van der Waals surface area (Å²) in [7, 11) is 3.23. The Hall–Kier alpha value is -3.32. The van der Waals surface area contributed by atoms with Crippen LogP contribution in [0.1, 0.15) is 11.1 Å². The Kier molecular flexibility index (Phi) is 5.72. The largest absolute Gasteiger partial charge is 0.493 e. The van der Waals surface area contributed by atoms with E-state index in [0.717, 1.165) is 28.8 Å². The molecule has 0 spiro atoms. The minimum atomic E-state index is -0.116. The Balaban J connectivity index is 1.52. The number of amides is 1. The number of halogens is 1. The van der Waals surface area contributed by atoms with Gasteiger partial charge in [0.1, 0.15) is 0 Å². The summed E-state index contributed by atoms with van der Waals surface area (Å²) in [5.41, 5.74) is 4.08. The van der Waals surface area contributed by atoms with Crippen molar-refractivity contribution in [2.45, 2.75) is 12.8 Å². The molecule has 1 amide bonds. The van der Waals surface area contributed by atoms with Gasteiger partial charge >= 0.3 is 0 Å². The van der Waals surface area contributed by atoms with Crippen LogP contribution in [0.3, 0.4) is 0 Å². The van der Waals surface area contributed by atoms with E-state index >= 15 is 0 Å². The zero-order valence-corrected chi connectivity index (χ0v) is 17.4. The molecule has 2 aromatic carbocycles. The molecule has 3 aromatic rings. The van der Waals surface area contributed by atoms with Crippen LogP contribution in [0.5, 0.6) is 11.5 Å². The molecule has 0 unspecified atom stereocenters. The number of hydrogen-bond acceptors (Lipinski definition) is 6. The molecule has 30 heavy (non-hydrogen) atoms. The molecule has 1 aliphatic rings. The zero-order chi connectivity index (χ0) is 21.1. The van der Waals surface area contributed by atoms with E-state index in [-0.39, 0.29) is 12.3 Å². The summed E-state index contributed by atoms with van der Waals surface area (Å²) in [4.78, 5) is 21.2. The molecule has 0 saturated carbocycles.